The Morgan fingerprint density at radius 2 is 1.58 bits per heavy atom. The summed E-state index contributed by atoms with van der Waals surface area (Å²) in [4.78, 5) is 22.1. The van der Waals surface area contributed by atoms with Crippen LogP contribution in [0.3, 0.4) is 0 Å². The molecule has 2 aliphatic heterocycles. The maximum Gasteiger partial charge on any atom is 0.251 e. The summed E-state index contributed by atoms with van der Waals surface area (Å²) in [7, 11) is 0. The molecule has 0 aliphatic carbocycles. The van der Waals surface area contributed by atoms with Gasteiger partial charge < -0.3 is 35.1 Å². The topological polar surface area (TPSA) is 102 Å². The average molecular weight is 498 g/mol. The number of anilines is 2. The molecule has 2 aromatic rings. The molecule has 2 saturated heterocycles. The van der Waals surface area contributed by atoms with Crippen molar-refractivity contribution in [2.45, 2.75) is 12.8 Å². The van der Waals surface area contributed by atoms with E-state index < -0.39 is 0 Å². The second kappa shape index (κ2) is 13.5. The first-order chi connectivity index (χ1) is 17.7. The number of aromatic nitrogens is 1. The molecule has 1 spiro atoms. The van der Waals surface area contributed by atoms with Crippen molar-refractivity contribution in [2.24, 2.45) is 11.1 Å². The summed E-state index contributed by atoms with van der Waals surface area (Å²) in [6.07, 6.45) is 4.06. The molecule has 0 saturated carbocycles. The van der Waals surface area contributed by atoms with Crippen LogP contribution in [0, 0.1) is 5.41 Å². The Hall–Kier alpha value is -2.72. The van der Waals surface area contributed by atoms with E-state index in [0.717, 1.165) is 38.4 Å². The van der Waals surface area contributed by atoms with Gasteiger partial charge in [-0.2, -0.15) is 0 Å². The molecular weight excluding hydrogens is 458 g/mol. The highest BCUT2D eigenvalue weighted by atomic mass is 16.5. The molecule has 3 N–H and O–H groups in total. The van der Waals surface area contributed by atoms with E-state index >= 15 is 0 Å². The second-order valence-electron chi connectivity index (χ2n) is 9.46. The number of pyridine rings is 1. The third kappa shape index (κ3) is 7.39. The number of carbonyl (C=O) groups is 1. The van der Waals surface area contributed by atoms with Gasteiger partial charge in [0.1, 0.15) is 5.82 Å². The lowest BCUT2D eigenvalue weighted by molar-refractivity contribution is 0.0166. The van der Waals surface area contributed by atoms with Crippen LogP contribution >= 0.6 is 0 Å². The molecule has 0 bridgehead atoms. The van der Waals surface area contributed by atoms with Gasteiger partial charge in [0.2, 0.25) is 0 Å². The monoisotopic (exact) mass is 497 g/mol. The van der Waals surface area contributed by atoms with Gasteiger partial charge in [0.15, 0.2) is 0 Å². The summed E-state index contributed by atoms with van der Waals surface area (Å²) in [6.45, 7) is 8.07. The molecule has 2 fully saturated rings. The predicted molar refractivity (Wildman–Crippen MR) is 141 cm³/mol. The molecule has 1 amide bonds. The molecule has 196 valence electrons. The van der Waals surface area contributed by atoms with Crippen LogP contribution in [0.1, 0.15) is 23.2 Å². The Labute approximate surface area is 213 Å². The number of amides is 1. The number of benzene rings is 1. The number of nitrogens with two attached hydrogens (primary N) is 1. The zero-order valence-electron chi connectivity index (χ0n) is 21.1. The normalized spacial score (nSPS) is 19.4. The van der Waals surface area contributed by atoms with Crippen LogP contribution in [-0.4, -0.2) is 89.8 Å². The van der Waals surface area contributed by atoms with Crippen LogP contribution in [0.15, 0.2) is 48.7 Å². The van der Waals surface area contributed by atoms with Gasteiger partial charge >= 0.3 is 0 Å². The van der Waals surface area contributed by atoms with Crippen molar-refractivity contribution in [3.8, 4) is 0 Å². The molecule has 4 rings (SSSR count). The molecule has 0 radical (unpaired) electrons. The number of hydrogen-bond donors (Lipinski definition) is 2. The highest BCUT2D eigenvalue weighted by molar-refractivity contribution is 5.94. The smallest absolute Gasteiger partial charge is 0.251 e. The third-order valence-electron chi connectivity index (χ3n) is 6.87. The van der Waals surface area contributed by atoms with Crippen molar-refractivity contribution in [3.05, 3.63) is 54.2 Å². The van der Waals surface area contributed by atoms with E-state index in [-0.39, 0.29) is 11.3 Å². The van der Waals surface area contributed by atoms with Crippen molar-refractivity contribution in [1.29, 1.82) is 0 Å². The molecule has 9 heteroatoms. The highest BCUT2D eigenvalue weighted by Crippen LogP contribution is 2.42. The van der Waals surface area contributed by atoms with Crippen LogP contribution < -0.4 is 20.9 Å². The van der Waals surface area contributed by atoms with Gasteiger partial charge in [-0.1, -0.05) is 18.2 Å². The SMILES string of the molecule is NCCOCCOCCOCCNC(=O)c1ccnc(N2CCC3(CCN(c4ccccc4)C3)C2)c1. The molecule has 1 unspecified atom stereocenters. The zero-order valence-corrected chi connectivity index (χ0v) is 21.1. The second-order valence-corrected chi connectivity index (χ2v) is 9.46. The summed E-state index contributed by atoms with van der Waals surface area (Å²) in [5.74, 6) is 0.766. The molecule has 1 aromatic heterocycles. The number of nitrogens with one attached hydrogen (secondary N) is 1. The van der Waals surface area contributed by atoms with Crippen molar-refractivity contribution < 1.29 is 19.0 Å². The van der Waals surface area contributed by atoms with Gasteiger partial charge in [-0.05, 0) is 37.1 Å². The van der Waals surface area contributed by atoms with Gasteiger partial charge in [-0.3, -0.25) is 4.79 Å². The van der Waals surface area contributed by atoms with Crippen LogP contribution in [0.25, 0.3) is 0 Å². The Morgan fingerprint density at radius 3 is 2.33 bits per heavy atom. The summed E-state index contributed by atoms with van der Waals surface area (Å²) >= 11 is 0. The number of nitrogens with zero attached hydrogens (tertiary/aromatic N) is 3. The summed E-state index contributed by atoms with van der Waals surface area (Å²) in [5, 5.41) is 2.93. The predicted octanol–water partition coefficient (Wildman–Crippen LogP) is 1.93. The Kier molecular flexibility index (Phi) is 9.92. The van der Waals surface area contributed by atoms with E-state index in [2.05, 4.69) is 50.4 Å². The fourth-order valence-corrected chi connectivity index (χ4v) is 4.95. The number of carbonyl (C=O) groups excluding carboxylic acids is 1. The van der Waals surface area contributed by atoms with Crippen molar-refractivity contribution in [2.75, 3.05) is 88.7 Å². The molecule has 3 heterocycles. The fourth-order valence-electron chi connectivity index (χ4n) is 4.95. The summed E-state index contributed by atoms with van der Waals surface area (Å²) in [5.41, 5.74) is 7.56. The van der Waals surface area contributed by atoms with Gasteiger partial charge in [-0.25, -0.2) is 4.98 Å². The van der Waals surface area contributed by atoms with Gasteiger partial charge in [0.25, 0.3) is 5.91 Å². The standard InChI is InChI=1S/C27H39N5O4/c28-9-14-34-16-18-36-19-17-35-15-11-30-26(33)23-6-10-29-25(20-23)32-13-8-27(22-32)7-12-31(21-27)24-4-2-1-3-5-24/h1-6,10,20H,7-9,11-19,21-22,28H2,(H,30,33). The quantitative estimate of drug-likeness (QED) is 0.382. The molecule has 1 aromatic carbocycles. The number of rotatable bonds is 14. The minimum Gasteiger partial charge on any atom is -0.378 e. The minimum atomic E-state index is -0.111. The highest BCUT2D eigenvalue weighted by Gasteiger charge is 2.43. The first-order valence-electron chi connectivity index (χ1n) is 12.9. The van der Waals surface area contributed by atoms with Crippen LogP contribution in [0.2, 0.25) is 0 Å². The molecular formula is C27H39N5O4. The summed E-state index contributed by atoms with van der Waals surface area (Å²) < 4.78 is 16.2. The lowest BCUT2D eigenvalue weighted by Crippen LogP contribution is -2.31. The Balaban J connectivity index is 1.16. The molecule has 9 nitrogen and oxygen atoms in total. The van der Waals surface area contributed by atoms with Gasteiger partial charge in [0.05, 0.1) is 39.6 Å². The summed E-state index contributed by atoms with van der Waals surface area (Å²) in [6, 6.07) is 14.3. The van der Waals surface area contributed by atoms with Crippen LogP contribution in [0.4, 0.5) is 11.5 Å². The molecule has 1 atom stereocenters. The van der Waals surface area contributed by atoms with Crippen LogP contribution in [0.5, 0.6) is 0 Å². The first kappa shape index (κ1) is 26.3. The Morgan fingerprint density at radius 1 is 0.917 bits per heavy atom. The van der Waals surface area contributed by atoms with E-state index in [1.54, 1.807) is 12.3 Å². The Bertz CT molecular complexity index is 947. The van der Waals surface area contributed by atoms with E-state index in [1.807, 2.05) is 6.07 Å². The van der Waals surface area contributed by atoms with E-state index in [0.29, 0.717) is 58.3 Å². The molecule has 36 heavy (non-hydrogen) atoms. The van der Waals surface area contributed by atoms with E-state index in [4.69, 9.17) is 19.9 Å². The number of hydrogen-bond acceptors (Lipinski definition) is 8. The average Bonchev–Trinajstić information content (AvgIpc) is 3.54. The van der Waals surface area contributed by atoms with E-state index in [1.165, 1.54) is 12.1 Å². The molecule has 2 aliphatic rings. The first-order valence-corrected chi connectivity index (χ1v) is 12.9. The van der Waals surface area contributed by atoms with E-state index in [9.17, 15) is 4.79 Å². The lowest BCUT2D eigenvalue weighted by Gasteiger charge is -2.26. The van der Waals surface area contributed by atoms with Gasteiger partial charge in [0, 0.05) is 62.1 Å². The van der Waals surface area contributed by atoms with Gasteiger partial charge in [-0.15, -0.1) is 0 Å². The third-order valence-corrected chi connectivity index (χ3v) is 6.87. The zero-order chi connectivity index (χ0) is 25.1. The largest absolute Gasteiger partial charge is 0.378 e. The van der Waals surface area contributed by atoms with Crippen molar-refractivity contribution >= 4 is 17.4 Å². The number of para-hydroxylation sites is 1. The van der Waals surface area contributed by atoms with Crippen LogP contribution in [-0.2, 0) is 14.2 Å². The minimum absolute atomic E-state index is 0.111. The fraction of sp³-hybridized carbons (Fsp3) is 0.556. The lowest BCUT2D eigenvalue weighted by atomic mass is 9.86. The van der Waals surface area contributed by atoms with Crippen molar-refractivity contribution in [1.82, 2.24) is 10.3 Å². The van der Waals surface area contributed by atoms with Crippen molar-refractivity contribution in [3.63, 3.8) is 0 Å². The maximum atomic E-state index is 12.7. The number of ether oxygens (including phenoxy) is 3. The maximum absolute atomic E-state index is 12.7.